The number of carbonyl (C=O) groups is 1. The lowest BCUT2D eigenvalue weighted by Gasteiger charge is -2.12. The number of benzene rings is 1. The highest BCUT2D eigenvalue weighted by atomic mass is 32.1. The number of aromatic nitrogens is 2. The van der Waals surface area contributed by atoms with E-state index in [1.165, 1.54) is 22.2 Å². The second kappa shape index (κ2) is 7.61. The molecular formula is C19H21N3O3S. The summed E-state index contributed by atoms with van der Waals surface area (Å²) in [4.78, 5) is 14.3. The van der Waals surface area contributed by atoms with E-state index >= 15 is 0 Å². The number of nitrogens with zero attached hydrogens (tertiary/aromatic N) is 2. The van der Waals surface area contributed by atoms with Gasteiger partial charge in [-0.2, -0.15) is 5.10 Å². The van der Waals surface area contributed by atoms with Gasteiger partial charge in [0.25, 0.3) is 5.91 Å². The first-order valence-corrected chi connectivity index (χ1v) is 9.16. The van der Waals surface area contributed by atoms with Crippen molar-refractivity contribution in [1.82, 2.24) is 15.1 Å². The zero-order valence-electron chi connectivity index (χ0n) is 14.9. The van der Waals surface area contributed by atoms with Crippen molar-refractivity contribution >= 4 is 17.2 Å². The van der Waals surface area contributed by atoms with Gasteiger partial charge in [-0.3, -0.25) is 9.48 Å². The Morgan fingerprint density at radius 2 is 2.12 bits per heavy atom. The number of aromatic hydroxyl groups is 1. The van der Waals surface area contributed by atoms with Crippen LogP contribution in [0.3, 0.4) is 0 Å². The van der Waals surface area contributed by atoms with Crippen LogP contribution in [0.5, 0.6) is 11.5 Å². The van der Waals surface area contributed by atoms with Gasteiger partial charge < -0.3 is 15.2 Å². The van der Waals surface area contributed by atoms with Crippen molar-refractivity contribution in [2.75, 3.05) is 6.61 Å². The SMILES string of the molecule is CCOc1cc(-c2ccccc2)sc1C(=O)NC(C)c1nn(C)cc1O. The van der Waals surface area contributed by atoms with E-state index < -0.39 is 6.04 Å². The van der Waals surface area contributed by atoms with Crippen molar-refractivity contribution in [3.05, 3.63) is 53.2 Å². The van der Waals surface area contributed by atoms with Gasteiger partial charge >= 0.3 is 0 Å². The van der Waals surface area contributed by atoms with Gasteiger partial charge in [0, 0.05) is 11.9 Å². The van der Waals surface area contributed by atoms with Crippen molar-refractivity contribution < 1.29 is 14.6 Å². The largest absolute Gasteiger partial charge is 0.504 e. The lowest BCUT2D eigenvalue weighted by molar-refractivity contribution is 0.0939. The Bertz CT molecular complexity index is 902. The molecule has 0 fully saturated rings. The highest BCUT2D eigenvalue weighted by Gasteiger charge is 2.22. The molecule has 0 aliphatic heterocycles. The Hall–Kier alpha value is -2.80. The lowest BCUT2D eigenvalue weighted by Crippen LogP contribution is -2.26. The Morgan fingerprint density at radius 1 is 1.38 bits per heavy atom. The molecule has 1 aromatic carbocycles. The van der Waals surface area contributed by atoms with Crippen molar-refractivity contribution in [2.45, 2.75) is 19.9 Å². The van der Waals surface area contributed by atoms with E-state index in [1.807, 2.05) is 43.3 Å². The normalized spacial score (nSPS) is 12.0. The lowest BCUT2D eigenvalue weighted by atomic mass is 10.2. The second-order valence-corrected chi connectivity index (χ2v) is 6.92. The number of hydrogen-bond donors (Lipinski definition) is 2. The van der Waals surface area contributed by atoms with Gasteiger partial charge in [0.05, 0.1) is 18.8 Å². The molecule has 0 radical (unpaired) electrons. The van der Waals surface area contributed by atoms with Crippen LogP contribution in [0.15, 0.2) is 42.6 Å². The molecule has 0 saturated carbocycles. The first-order valence-electron chi connectivity index (χ1n) is 8.35. The molecule has 2 N–H and O–H groups in total. The highest BCUT2D eigenvalue weighted by Crippen LogP contribution is 2.36. The van der Waals surface area contributed by atoms with Crippen LogP contribution in [-0.4, -0.2) is 27.4 Å². The van der Waals surface area contributed by atoms with E-state index in [0.717, 1.165) is 10.4 Å². The third kappa shape index (κ3) is 3.72. The van der Waals surface area contributed by atoms with Crippen LogP contribution in [0.1, 0.15) is 35.3 Å². The van der Waals surface area contributed by atoms with Crippen LogP contribution in [-0.2, 0) is 7.05 Å². The van der Waals surface area contributed by atoms with E-state index in [0.29, 0.717) is 22.9 Å². The van der Waals surface area contributed by atoms with E-state index in [9.17, 15) is 9.90 Å². The zero-order chi connectivity index (χ0) is 18.7. The fourth-order valence-electron chi connectivity index (χ4n) is 2.67. The third-order valence-electron chi connectivity index (χ3n) is 3.86. The maximum Gasteiger partial charge on any atom is 0.265 e. The van der Waals surface area contributed by atoms with E-state index in [1.54, 1.807) is 14.0 Å². The number of hydrogen-bond acceptors (Lipinski definition) is 5. The van der Waals surface area contributed by atoms with Gasteiger partial charge in [0.2, 0.25) is 0 Å². The summed E-state index contributed by atoms with van der Waals surface area (Å²) in [6.07, 6.45) is 1.50. The fourth-order valence-corrected chi connectivity index (χ4v) is 3.68. The highest BCUT2D eigenvalue weighted by molar-refractivity contribution is 7.17. The minimum atomic E-state index is -0.430. The summed E-state index contributed by atoms with van der Waals surface area (Å²) in [7, 11) is 1.72. The molecule has 7 heteroatoms. The Kier molecular flexibility index (Phi) is 5.27. The van der Waals surface area contributed by atoms with E-state index in [4.69, 9.17) is 4.74 Å². The molecule has 6 nitrogen and oxygen atoms in total. The number of carbonyl (C=O) groups excluding carboxylic acids is 1. The molecule has 1 amide bonds. The third-order valence-corrected chi connectivity index (χ3v) is 5.02. The van der Waals surface area contributed by atoms with Gasteiger partial charge in [-0.05, 0) is 25.5 Å². The van der Waals surface area contributed by atoms with Gasteiger partial charge in [0.1, 0.15) is 16.3 Å². The number of amides is 1. The average Bonchev–Trinajstić information content (AvgIpc) is 3.19. The molecule has 2 heterocycles. The quantitative estimate of drug-likeness (QED) is 0.692. The predicted molar refractivity (Wildman–Crippen MR) is 102 cm³/mol. The van der Waals surface area contributed by atoms with Gasteiger partial charge in [-0.1, -0.05) is 30.3 Å². The summed E-state index contributed by atoms with van der Waals surface area (Å²) in [5.74, 6) is 0.367. The van der Waals surface area contributed by atoms with Crippen LogP contribution >= 0.6 is 11.3 Å². The minimum Gasteiger partial charge on any atom is -0.504 e. The molecule has 0 saturated heterocycles. The molecule has 2 aromatic heterocycles. The van der Waals surface area contributed by atoms with E-state index in [-0.39, 0.29) is 11.7 Å². The minimum absolute atomic E-state index is 0.0569. The maximum absolute atomic E-state index is 12.8. The molecular weight excluding hydrogens is 350 g/mol. The molecule has 0 bridgehead atoms. The molecule has 136 valence electrons. The van der Waals surface area contributed by atoms with Crippen molar-refractivity contribution in [1.29, 1.82) is 0 Å². The predicted octanol–water partition coefficient (Wildman–Crippen LogP) is 3.74. The van der Waals surface area contributed by atoms with Crippen molar-refractivity contribution in [3.8, 4) is 21.9 Å². The van der Waals surface area contributed by atoms with Crippen LogP contribution in [0, 0.1) is 0 Å². The number of nitrogens with one attached hydrogen (secondary N) is 1. The standard InChI is InChI=1S/C19H21N3O3S/c1-4-25-15-10-16(13-8-6-5-7-9-13)26-18(15)19(24)20-12(2)17-14(23)11-22(3)21-17/h5-12,23H,4H2,1-3H3,(H,20,24). The zero-order valence-corrected chi connectivity index (χ0v) is 15.7. The van der Waals surface area contributed by atoms with Gasteiger partial charge in [-0.25, -0.2) is 0 Å². The summed E-state index contributed by atoms with van der Waals surface area (Å²) in [6, 6.07) is 11.3. The van der Waals surface area contributed by atoms with Crippen LogP contribution in [0.2, 0.25) is 0 Å². The smallest absolute Gasteiger partial charge is 0.265 e. The van der Waals surface area contributed by atoms with Gasteiger partial charge in [0.15, 0.2) is 5.75 Å². The average molecular weight is 371 g/mol. The van der Waals surface area contributed by atoms with Gasteiger partial charge in [-0.15, -0.1) is 11.3 Å². The summed E-state index contributed by atoms with van der Waals surface area (Å²) in [5, 5.41) is 17.0. The summed E-state index contributed by atoms with van der Waals surface area (Å²) >= 11 is 1.38. The summed E-state index contributed by atoms with van der Waals surface area (Å²) in [6.45, 7) is 4.14. The van der Waals surface area contributed by atoms with Crippen LogP contribution < -0.4 is 10.1 Å². The number of ether oxygens (including phenoxy) is 1. The molecule has 1 atom stereocenters. The van der Waals surface area contributed by atoms with Crippen LogP contribution in [0.25, 0.3) is 10.4 Å². The topological polar surface area (TPSA) is 76.4 Å². The summed E-state index contributed by atoms with van der Waals surface area (Å²) < 4.78 is 7.17. The molecule has 3 aromatic rings. The first-order chi connectivity index (χ1) is 12.5. The van der Waals surface area contributed by atoms with Crippen molar-refractivity contribution in [3.63, 3.8) is 0 Å². The monoisotopic (exact) mass is 371 g/mol. The first kappa shape index (κ1) is 18.0. The Morgan fingerprint density at radius 3 is 2.73 bits per heavy atom. The molecule has 26 heavy (non-hydrogen) atoms. The molecule has 3 rings (SSSR count). The second-order valence-electron chi connectivity index (χ2n) is 5.87. The molecule has 0 spiro atoms. The molecule has 1 unspecified atom stereocenters. The number of rotatable bonds is 6. The fraction of sp³-hybridized carbons (Fsp3) is 0.263. The Balaban J connectivity index is 1.86. The Labute approximate surface area is 156 Å². The number of thiophene rings is 1. The van der Waals surface area contributed by atoms with Crippen molar-refractivity contribution in [2.24, 2.45) is 7.05 Å². The maximum atomic E-state index is 12.8. The van der Waals surface area contributed by atoms with E-state index in [2.05, 4.69) is 10.4 Å². The summed E-state index contributed by atoms with van der Waals surface area (Å²) in [5.41, 5.74) is 1.46. The molecule has 0 aliphatic carbocycles. The number of aryl methyl sites for hydroxylation is 1. The van der Waals surface area contributed by atoms with Crippen LogP contribution in [0.4, 0.5) is 0 Å². The molecule has 0 aliphatic rings.